The van der Waals surface area contributed by atoms with Crippen LogP contribution in [0.25, 0.3) is 6.08 Å². The highest BCUT2D eigenvalue weighted by molar-refractivity contribution is 9.10. The molecule has 0 atom stereocenters. The van der Waals surface area contributed by atoms with Crippen LogP contribution in [0.4, 0.5) is 5.69 Å². The van der Waals surface area contributed by atoms with Crippen molar-refractivity contribution in [3.05, 3.63) is 51.0 Å². The van der Waals surface area contributed by atoms with E-state index >= 15 is 0 Å². The molecular weight excluding hydrogens is 448 g/mol. The number of hydrogen-bond donors (Lipinski definition) is 1. The third-order valence-electron chi connectivity index (χ3n) is 3.66. The lowest BCUT2D eigenvalue weighted by Gasteiger charge is -2.13. The molecule has 6 nitrogen and oxygen atoms in total. The first-order chi connectivity index (χ1) is 13.4. The Bertz CT molecular complexity index is 954. The summed E-state index contributed by atoms with van der Waals surface area (Å²) in [6.07, 6.45) is 1.46. The first kappa shape index (κ1) is 21.6. The Labute approximate surface area is 176 Å². The quantitative estimate of drug-likeness (QED) is 0.456. The van der Waals surface area contributed by atoms with E-state index in [0.29, 0.717) is 40.1 Å². The minimum atomic E-state index is -0.604. The van der Waals surface area contributed by atoms with E-state index in [1.54, 1.807) is 12.1 Å². The second-order valence-corrected chi connectivity index (χ2v) is 6.75. The van der Waals surface area contributed by atoms with E-state index in [1.807, 2.05) is 19.1 Å². The van der Waals surface area contributed by atoms with Crippen LogP contribution in [0.2, 0.25) is 5.02 Å². The molecule has 0 bridgehead atoms. The molecule has 1 amide bonds. The smallest absolute Gasteiger partial charge is 0.266 e. The van der Waals surface area contributed by atoms with Crippen LogP contribution in [-0.2, 0) is 4.79 Å². The van der Waals surface area contributed by atoms with Gasteiger partial charge in [0, 0.05) is 22.2 Å². The van der Waals surface area contributed by atoms with Crippen molar-refractivity contribution in [1.82, 2.24) is 0 Å². The Balaban J connectivity index is 2.39. The van der Waals surface area contributed by atoms with Gasteiger partial charge < -0.3 is 19.5 Å². The summed E-state index contributed by atoms with van der Waals surface area (Å²) in [5.74, 6) is 0.671. The Hall–Kier alpha value is -2.69. The molecule has 2 aromatic rings. The molecule has 0 aromatic heterocycles. The summed E-state index contributed by atoms with van der Waals surface area (Å²) < 4.78 is 16.8. The van der Waals surface area contributed by atoms with Crippen LogP contribution in [0.1, 0.15) is 12.5 Å². The molecule has 0 unspecified atom stereocenters. The Morgan fingerprint density at radius 3 is 2.54 bits per heavy atom. The zero-order valence-corrected chi connectivity index (χ0v) is 17.8. The number of nitrogens with zero attached hydrogens (tertiary/aromatic N) is 1. The van der Waals surface area contributed by atoms with Crippen molar-refractivity contribution in [3.8, 4) is 23.3 Å². The Kier molecular flexibility index (Phi) is 7.73. The summed E-state index contributed by atoms with van der Waals surface area (Å²) in [6, 6.07) is 10.3. The molecule has 0 aliphatic rings. The van der Waals surface area contributed by atoms with Crippen LogP contribution in [0.3, 0.4) is 0 Å². The molecule has 0 aliphatic carbocycles. The van der Waals surface area contributed by atoms with Gasteiger partial charge in [0.15, 0.2) is 0 Å². The standard InChI is InChI=1S/C20H18BrClN2O4/c1-4-28-17-6-5-14(21)8-12(17)7-13(11-23)20(25)24-16-10-18(26-2)15(22)9-19(16)27-3/h5-10H,4H2,1-3H3,(H,24,25)/b13-7+. The molecule has 0 aliphatic heterocycles. The van der Waals surface area contributed by atoms with Gasteiger partial charge in [-0.2, -0.15) is 5.26 Å². The second kappa shape index (κ2) is 10.0. The number of nitrogens with one attached hydrogen (secondary N) is 1. The molecule has 146 valence electrons. The number of amides is 1. The summed E-state index contributed by atoms with van der Waals surface area (Å²) in [5.41, 5.74) is 0.827. The van der Waals surface area contributed by atoms with Crippen LogP contribution >= 0.6 is 27.5 Å². The summed E-state index contributed by atoms with van der Waals surface area (Å²) >= 11 is 9.46. The molecule has 2 aromatic carbocycles. The maximum absolute atomic E-state index is 12.7. The summed E-state index contributed by atoms with van der Waals surface area (Å²) in [5, 5.41) is 12.5. The van der Waals surface area contributed by atoms with Crippen molar-refractivity contribution in [2.24, 2.45) is 0 Å². The van der Waals surface area contributed by atoms with Gasteiger partial charge in [-0.3, -0.25) is 4.79 Å². The fourth-order valence-electron chi connectivity index (χ4n) is 2.37. The van der Waals surface area contributed by atoms with Gasteiger partial charge in [0.25, 0.3) is 5.91 Å². The number of hydrogen-bond acceptors (Lipinski definition) is 5. The number of halogens is 2. The monoisotopic (exact) mass is 464 g/mol. The molecule has 2 rings (SSSR count). The van der Waals surface area contributed by atoms with E-state index in [-0.39, 0.29) is 5.57 Å². The zero-order valence-electron chi connectivity index (χ0n) is 15.5. The maximum atomic E-state index is 12.7. The molecule has 0 heterocycles. The number of methoxy groups -OCH3 is 2. The number of carbonyl (C=O) groups is 1. The second-order valence-electron chi connectivity index (χ2n) is 5.43. The molecule has 8 heteroatoms. The highest BCUT2D eigenvalue weighted by atomic mass is 79.9. The summed E-state index contributed by atoms with van der Waals surface area (Å²) in [6.45, 7) is 2.31. The third kappa shape index (κ3) is 5.18. The topological polar surface area (TPSA) is 80.6 Å². The van der Waals surface area contributed by atoms with E-state index in [0.717, 1.165) is 4.47 Å². The average Bonchev–Trinajstić information content (AvgIpc) is 2.68. The van der Waals surface area contributed by atoms with Gasteiger partial charge in [0.1, 0.15) is 28.9 Å². The molecule has 0 saturated heterocycles. The Morgan fingerprint density at radius 1 is 1.21 bits per heavy atom. The van der Waals surface area contributed by atoms with Gasteiger partial charge in [0.05, 0.1) is 31.5 Å². The zero-order chi connectivity index (χ0) is 20.7. The van der Waals surface area contributed by atoms with Gasteiger partial charge in [-0.1, -0.05) is 27.5 Å². The normalized spacial score (nSPS) is 10.8. The van der Waals surface area contributed by atoms with E-state index in [4.69, 9.17) is 25.8 Å². The van der Waals surface area contributed by atoms with Crippen molar-refractivity contribution >= 4 is 45.2 Å². The van der Waals surface area contributed by atoms with Crippen molar-refractivity contribution in [1.29, 1.82) is 5.26 Å². The molecular formula is C20H18BrClN2O4. The predicted octanol–water partition coefficient (Wildman–Crippen LogP) is 5.06. The number of anilines is 1. The number of nitriles is 1. The lowest BCUT2D eigenvalue weighted by Crippen LogP contribution is -2.14. The summed E-state index contributed by atoms with van der Waals surface area (Å²) in [7, 11) is 2.91. The lowest BCUT2D eigenvalue weighted by molar-refractivity contribution is -0.112. The van der Waals surface area contributed by atoms with Gasteiger partial charge in [-0.15, -0.1) is 0 Å². The fraction of sp³-hybridized carbons (Fsp3) is 0.200. The van der Waals surface area contributed by atoms with Gasteiger partial charge in [-0.25, -0.2) is 0 Å². The van der Waals surface area contributed by atoms with Gasteiger partial charge in [-0.05, 0) is 31.2 Å². The minimum Gasteiger partial charge on any atom is -0.495 e. The van der Waals surface area contributed by atoms with Crippen molar-refractivity contribution < 1.29 is 19.0 Å². The molecule has 1 N–H and O–H groups in total. The van der Waals surface area contributed by atoms with Crippen LogP contribution < -0.4 is 19.5 Å². The molecule has 0 saturated carbocycles. The number of benzene rings is 2. The predicted molar refractivity (Wildman–Crippen MR) is 112 cm³/mol. The number of carbonyl (C=O) groups excluding carboxylic acids is 1. The van der Waals surface area contributed by atoms with E-state index in [9.17, 15) is 10.1 Å². The first-order valence-corrected chi connectivity index (χ1v) is 9.37. The number of rotatable bonds is 7. The number of ether oxygens (including phenoxy) is 3. The molecule has 28 heavy (non-hydrogen) atoms. The lowest BCUT2D eigenvalue weighted by atomic mass is 10.1. The highest BCUT2D eigenvalue weighted by Gasteiger charge is 2.16. The molecule has 0 spiro atoms. The van der Waals surface area contributed by atoms with Crippen LogP contribution in [0.5, 0.6) is 17.2 Å². The van der Waals surface area contributed by atoms with Crippen molar-refractivity contribution in [2.45, 2.75) is 6.92 Å². The SMILES string of the molecule is CCOc1ccc(Br)cc1/C=C(\C#N)C(=O)Nc1cc(OC)c(Cl)cc1OC. The van der Waals surface area contributed by atoms with Crippen LogP contribution in [-0.4, -0.2) is 26.7 Å². The molecule has 0 radical (unpaired) electrons. The van der Waals surface area contributed by atoms with Crippen molar-refractivity contribution in [2.75, 3.05) is 26.1 Å². The highest BCUT2D eigenvalue weighted by Crippen LogP contribution is 2.36. The first-order valence-electron chi connectivity index (χ1n) is 8.20. The summed E-state index contributed by atoms with van der Waals surface area (Å²) in [4.78, 5) is 12.7. The van der Waals surface area contributed by atoms with E-state index < -0.39 is 5.91 Å². The minimum absolute atomic E-state index is 0.102. The largest absolute Gasteiger partial charge is 0.495 e. The van der Waals surface area contributed by atoms with Crippen LogP contribution in [0.15, 0.2) is 40.4 Å². The molecule has 0 fully saturated rings. The maximum Gasteiger partial charge on any atom is 0.266 e. The average molecular weight is 466 g/mol. The van der Waals surface area contributed by atoms with E-state index in [1.165, 1.54) is 32.4 Å². The van der Waals surface area contributed by atoms with Crippen molar-refractivity contribution in [3.63, 3.8) is 0 Å². The third-order valence-corrected chi connectivity index (χ3v) is 4.45. The van der Waals surface area contributed by atoms with Crippen LogP contribution in [0, 0.1) is 11.3 Å². The van der Waals surface area contributed by atoms with Gasteiger partial charge in [0.2, 0.25) is 0 Å². The Morgan fingerprint density at radius 2 is 1.93 bits per heavy atom. The fourth-order valence-corrected chi connectivity index (χ4v) is 2.98. The van der Waals surface area contributed by atoms with Gasteiger partial charge >= 0.3 is 0 Å². The van der Waals surface area contributed by atoms with E-state index in [2.05, 4.69) is 21.2 Å².